The fourth-order valence-corrected chi connectivity index (χ4v) is 0.748. The SMILES string of the molecule is CC(=O)Nc1ccc(O)cc1.OO. The van der Waals surface area contributed by atoms with Gasteiger partial charge in [-0.3, -0.25) is 15.3 Å². The van der Waals surface area contributed by atoms with E-state index in [2.05, 4.69) is 5.32 Å². The van der Waals surface area contributed by atoms with E-state index in [1.165, 1.54) is 19.1 Å². The molecular formula is C8H11NO4. The highest BCUT2D eigenvalue weighted by atomic mass is 17.0. The monoisotopic (exact) mass is 185 g/mol. The lowest BCUT2D eigenvalue weighted by Crippen LogP contribution is -2.04. The third kappa shape index (κ3) is 4.78. The summed E-state index contributed by atoms with van der Waals surface area (Å²) in [6.07, 6.45) is 0. The molecule has 1 amide bonds. The van der Waals surface area contributed by atoms with Crippen molar-refractivity contribution < 1.29 is 20.4 Å². The number of benzene rings is 1. The molecule has 5 nitrogen and oxygen atoms in total. The van der Waals surface area contributed by atoms with Gasteiger partial charge in [-0.15, -0.1) is 0 Å². The Morgan fingerprint density at radius 3 is 2.08 bits per heavy atom. The Morgan fingerprint density at radius 2 is 1.69 bits per heavy atom. The first kappa shape index (κ1) is 11.4. The van der Waals surface area contributed by atoms with Gasteiger partial charge in [0, 0.05) is 12.6 Å². The standard InChI is InChI=1S/C8H9NO2.H2O2/c1-6(10)9-7-2-4-8(11)5-3-7;1-2/h2-5,11H,1H3,(H,9,10);1-2H. The lowest BCUT2D eigenvalue weighted by atomic mass is 10.3. The fourth-order valence-electron chi connectivity index (χ4n) is 0.748. The van der Waals surface area contributed by atoms with Crippen molar-refractivity contribution in [3.05, 3.63) is 24.3 Å². The first-order valence-corrected chi connectivity index (χ1v) is 3.45. The van der Waals surface area contributed by atoms with E-state index < -0.39 is 0 Å². The molecule has 0 bridgehead atoms. The summed E-state index contributed by atoms with van der Waals surface area (Å²) >= 11 is 0. The molecular weight excluding hydrogens is 174 g/mol. The molecule has 0 atom stereocenters. The van der Waals surface area contributed by atoms with E-state index >= 15 is 0 Å². The third-order valence-corrected chi connectivity index (χ3v) is 1.19. The minimum Gasteiger partial charge on any atom is -0.508 e. The highest BCUT2D eigenvalue weighted by molar-refractivity contribution is 5.88. The number of carbonyl (C=O) groups excluding carboxylic acids is 1. The normalized spacial score (nSPS) is 8.23. The number of carbonyl (C=O) groups is 1. The van der Waals surface area contributed by atoms with Crippen molar-refractivity contribution in [1.29, 1.82) is 0 Å². The van der Waals surface area contributed by atoms with Crippen molar-refractivity contribution in [2.45, 2.75) is 6.92 Å². The first-order valence-electron chi connectivity index (χ1n) is 3.45. The Morgan fingerprint density at radius 1 is 1.23 bits per heavy atom. The van der Waals surface area contributed by atoms with Crippen LogP contribution in [0.25, 0.3) is 0 Å². The van der Waals surface area contributed by atoms with Gasteiger partial charge in [-0.05, 0) is 24.3 Å². The maximum absolute atomic E-state index is 10.5. The quantitative estimate of drug-likeness (QED) is 0.302. The molecule has 72 valence electrons. The van der Waals surface area contributed by atoms with Crippen LogP contribution in [0, 0.1) is 0 Å². The molecule has 4 N–H and O–H groups in total. The van der Waals surface area contributed by atoms with Crippen LogP contribution in [0.3, 0.4) is 0 Å². The predicted octanol–water partition coefficient (Wildman–Crippen LogP) is 1.37. The lowest BCUT2D eigenvalue weighted by Gasteiger charge is -1.99. The minimum absolute atomic E-state index is 0.115. The highest BCUT2D eigenvalue weighted by Gasteiger charge is 1.93. The summed E-state index contributed by atoms with van der Waals surface area (Å²) in [4.78, 5) is 10.5. The minimum atomic E-state index is -0.115. The van der Waals surface area contributed by atoms with Crippen molar-refractivity contribution in [3.63, 3.8) is 0 Å². The van der Waals surface area contributed by atoms with E-state index in [1.54, 1.807) is 12.1 Å². The molecule has 0 fully saturated rings. The number of hydrogen-bond donors (Lipinski definition) is 4. The summed E-state index contributed by atoms with van der Waals surface area (Å²) in [5, 5.41) is 23.5. The van der Waals surface area contributed by atoms with Crippen LogP contribution in [0.1, 0.15) is 6.92 Å². The second-order valence-corrected chi connectivity index (χ2v) is 2.23. The largest absolute Gasteiger partial charge is 0.508 e. The second-order valence-electron chi connectivity index (χ2n) is 2.23. The highest BCUT2D eigenvalue weighted by Crippen LogP contribution is 2.13. The molecule has 0 spiro atoms. The van der Waals surface area contributed by atoms with Gasteiger partial charge in [0.05, 0.1) is 0 Å². The second kappa shape index (κ2) is 5.99. The van der Waals surface area contributed by atoms with E-state index in [9.17, 15) is 4.79 Å². The van der Waals surface area contributed by atoms with Gasteiger partial charge in [0.2, 0.25) is 5.91 Å². The summed E-state index contributed by atoms with van der Waals surface area (Å²) in [6, 6.07) is 6.31. The van der Waals surface area contributed by atoms with Crippen molar-refractivity contribution >= 4 is 11.6 Å². The molecule has 1 aromatic carbocycles. The molecule has 0 aliphatic carbocycles. The molecule has 1 aromatic rings. The Kier molecular flexibility index (Phi) is 5.25. The van der Waals surface area contributed by atoms with Crippen molar-refractivity contribution in [3.8, 4) is 5.75 Å². The van der Waals surface area contributed by atoms with Crippen molar-refractivity contribution in [1.82, 2.24) is 0 Å². The number of hydrogen-bond acceptors (Lipinski definition) is 4. The summed E-state index contributed by atoms with van der Waals surface area (Å²) in [6.45, 7) is 1.44. The summed E-state index contributed by atoms with van der Waals surface area (Å²) < 4.78 is 0. The number of rotatable bonds is 1. The van der Waals surface area contributed by atoms with Gasteiger partial charge in [0.25, 0.3) is 0 Å². The topological polar surface area (TPSA) is 89.8 Å². The first-order chi connectivity index (χ1) is 6.18. The van der Waals surface area contributed by atoms with Gasteiger partial charge < -0.3 is 10.4 Å². The number of phenolic OH excluding ortho intramolecular Hbond substituents is 1. The van der Waals surface area contributed by atoms with Gasteiger partial charge in [-0.2, -0.15) is 0 Å². The number of nitrogens with one attached hydrogen (secondary N) is 1. The molecule has 0 saturated carbocycles. The average molecular weight is 185 g/mol. The summed E-state index contributed by atoms with van der Waals surface area (Å²) in [5.41, 5.74) is 0.690. The van der Waals surface area contributed by atoms with Crippen LogP contribution in [0.15, 0.2) is 24.3 Å². The van der Waals surface area contributed by atoms with E-state index in [4.69, 9.17) is 15.6 Å². The summed E-state index contributed by atoms with van der Waals surface area (Å²) in [5.74, 6) is 0.0785. The molecule has 0 aliphatic rings. The van der Waals surface area contributed by atoms with Crippen LogP contribution in [-0.4, -0.2) is 21.5 Å². The van der Waals surface area contributed by atoms with Crippen LogP contribution in [0.5, 0.6) is 5.75 Å². The lowest BCUT2D eigenvalue weighted by molar-refractivity contribution is -0.176. The molecule has 0 unspecified atom stereocenters. The van der Waals surface area contributed by atoms with Gasteiger partial charge in [0.15, 0.2) is 0 Å². The molecule has 1 rings (SSSR count). The summed E-state index contributed by atoms with van der Waals surface area (Å²) in [7, 11) is 0. The van der Waals surface area contributed by atoms with Crippen molar-refractivity contribution in [2.24, 2.45) is 0 Å². The third-order valence-electron chi connectivity index (χ3n) is 1.19. The molecule has 5 heteroatoms. The average Bonchev–Trinajstić information content (AvgIpc) is 2.12. The number of amides is 1. The number of anilines is 1. The molecule has 0 saturated heterocycles. The molecule has 0 radical (unpaired) electrons. The van der Waals surface area contributed by atoms with E-state index in [0.717, 1.165) is 0 Å². The smallest absolute Gasteiger partial charge is 0.221 e. The fraction of sp³-hybridized carbons (Fsp3) is 0.125. The molecule has 0 heterocycles. The van der Waals surface area contributed by atoms with E-state index in [0.29, 0.717) is 5.69 Å². The zero-order chi connectivity index (χ0) is 10.3. The van der Waals surface area contributed by atoms with E-state index in [1.807, 2.05) is 0 Å². The number of phenols is 1. The van der Waals surface area contributed by atoms with Crippen LogP contribution < -0.4 is 5.32 Å². The maximum Gasteiger partial charge on any atom is 0.221 e. The van der Waals surface area contributed by atoms with Gasteiger partial charge in [0.1, 0.15) is 5.75 Å². The van der Waals surface area contributed by atoms with Gasteiger partial charge in [-0.25, -0.2) is 0 Å². The maximum atomic E-state index is 10.5. The molecule has 13 heavy (non-hydrogen) atoms. The Labute approximate surface area is 75.2 Å². The van der Waals surface area contributed by atoms with Crippen LogP contribution in [0.4, 0.5) is 5.69 Å². The zero-order valence-electron chi connectivity index (χ0n) is 7.06. The van der Waals surface area contributed by atoms with Crippen LogP contribution in [-0.2, 0) is 4.79 Å². The number of aromatic hydroxyl groups is 1. The molecule has 0 aliphatic heterocycles. The zero-order valence-corrected chi connectivity index (χ0v) is 7.06. The van der Waals surface area contributed by atoms with Crippen LogP contribution >= 0.6 is 0 Å². The van der Waals surface area contributed by atoms with Crippen molar-refractivity contribution in [2.75, 3.05) is 5.32 Å². The van der Waals surface area contributed by atoms with Gasteiger partial charge in [-0.1, -0.05) is 0 Å². The van der Waals surface area contributed by atoms with Crippen LogP contribution in [0.2, 0.25) is 0 Å². The Hall–Kier alpha value is -1.59. The van der Waals surface area contributed by atoms with E-state index in [-0.39, 0.29) is 11.7 Å². The molecule has 0 aromatic heterocycles. The predicted molar refractivity (Wildman–Crippen MR) is 47.7 cm³/mol. The Balaban J connectivity index is 0.000000671. The Bertz CT molecular complexity index is 257. The van der Waals surface area contributed by atoms with Gasteiger partial charge >= 0.3 is 0 Å².